The van der Waals surface area contributed by atoms with Crippen molar-refractivity contribution < 1.29 is 14.3 Å². The maximum absolute atomic E-state index is 11.9. The Balaban J connectivity index is 1.85. The fourth-order valence-corrected chi connectivity index (χ4v) is 2.32. The van der Waals surface area contributed by atoms with Crippen molar-refractivity contribution in [2.24, 2.45) is 0 Å². The minimum absolute atomic E-state index is 0.170. The summed E-state index contributed by atoms with van der Waals surface area (Å²) < 4.78 is 4.62. The molecule has 2 aromatic rings. The normalized spacial score (nSPS) is 10.6. The van der Waals surface area contributed by atoms with Gasteiger partial charge in [0.15, 0.2) is 0 Å². The quantitative estimate of drug-likeness (QED) is 0.622. The fraction of sp³-hybridized carbons (Fsp3) is 0.333. The molecule has 0 radical (unpaired) electrons. The largest absolute Gasteiger partial charge is 0.465 e. The highest BCUT2D eigenvalue weighted by atomic mass is 32.2. The maximum atomic E-state index is 11.9. The number of nitrogens with zero attached hydrogens (tertiary/aromatic N) is 2. The lowest BCUT2D eigenvalue weighted by atomic mass is 10.2. The van der Waals surface area contributed by atoms with Crippen LogP contribution in [0.5, 0.6) is 0 Å². The Morgan fingerprint density at radius 1 is 1.30 bits per heavy atom. The molecule has 0 aliphatic carbocycles. The second kappa shape index (κ2) is 7.77. The van der Waals surface area contributed by atoms with E-state index in [0.29, 0.717) is 16.4 Å². The third-order valence-electron chi connectivity index (χ3n) is 2.95. The molecular formula is C15H18N4O3S. The highest BCUT2D eigenvalue weighted by Crippen LogP contribution is 2.17. The van der Waals surface area contributed by atoms with Crippen molar-refractivity contribution in [3.8, 4) is 0 Å². The first-order chi connectivity index (χ1) is 11.0. The molecule has 1 aromatic heterocycles. The molecule has 0 atom stereocenters. The van der Waals surface area contributed by atoms with Gasteiger partial charge in [0.2, 0.25) is 11.1 Å². The number of hydrogen-bond donors (Lipinski definition) is 2. The average Bonchev–Trinajstić information content (AvgIpc) is 3.02. The van der Waals surface area contributed by atoms with Gasteiger partial charge in [0.05, 0.1) is 18.4 Å². The van der Waals surface area contributed by atoms with Crippen molar-refractivity contribution in [3.63, 3.8) is 0 Å². The van der Waals surface area contributed by atoms with Crippen LogP contribution in [-0.4, -0.2) is 39.9 Å². The van der Waals surface area contributed by atoms with Gasteiger partial charge in [0.1, 0.15) is 5.82 Å². The number of nitrogens with one attached hydrogen (secondary N) is 2. The Morgan fingerprint density at radius 3 is 2.57 bits per heavy atom. The number of amides is 1. The van der Waals surface area contributed by atoms with Crippen molar-refractivity contribution >= 4 is 29.3 Å². The molecule has 23 heavy (non-hydrogen) atoms. The van der Waals surface area contributed by atoms with Crippen LogP contribution in [0.2, 0.25) is 0 Å². The average molecular weight is 334 g/mol. The highest BCUT2D eigenvalue weighted by Gasteiger charge is 2.10. The zero-order chi connectivity index (χ0) is 16.8. The van der Waals surface area contributed by atoms with E-state index in [1.54, 1.807) is 24.3 Å². The number of thioether (sulfide) groups is 1. The van der Waals surface area contributed by atoms with Crippen molar-refractivity contribution in [2.75, 3.05) is 18.2 Å². The zero-order valence-corrected chi connectivity index (χ0v) is 13.9. The summed E-state index contributed by atoms with van der Waals surface area (Å²) in [5, 5.41) is 10.2. The summed E-state index contributed by atoms with van der Waals surface area (Å²) in [7, 11) is 1.32. The highest BCUT2D eigenvalue weighted by molar-refractivity contribution is 7.99. The number of ether oxygens (including phenoxy) is 1. The van der Waals surface area contributed by atoms with Crippen LogP contribution < -0.4 is 5.32 Å². The molecule has 122 valence electrons. The second-order valence-electron chi connectivity index (χ2n) is 5.06. The Kier molecular flexibility index (Phi) is 5.75. The Hall–Kier alpha value is -2.35. The molecule has 0 unspecified atom stereocenters. The van der Waals surface area contributed by atoms with Gasteiger partial charge in [-0.3, -0.25) is 9.89 Å². The number of benzene rings is 1. The minimum atomic E-state index is -0.413. The lowest BCUT2D eigenvalue weighted by Gasteiger charge is -2.05. The van der Waals surface area contributed by atoms with Crippen LogP contribution in [0.25, 0.3) is 0 Å². The molecule has 2 rings (SSSR count). The van der Waals surface area contributed by atoms with Crippen LogP contribution in [0.4, 0.5) is 5.69 Å². The number of carbonyl (C=O) groups excluding carboxylic acids is 2. The van der Waals surface area contributed by atoms with E-state index in [0.717, 1.165) is 5.82 Å². The van der Waals surface area contributed by atoms with Gasteiger partial charge in [0, 0.05) is 11.6 Å². The lowest BCUT2D eigenvalue weighted by Crippen LogP contribution is -2.14. The second-order valence-corrected chi connectivity index (χ2v) is 6.01. The molecule has 2 N–H and O–H groups in total. The smallest absolute Gasteiger partial charge is 0.337 e. The summed E-state index contributed by atoms with van der Waals surface area (Å²) in [4.78, 5) is 27.5. The SMILES string of the molecule is COC(=O)c1ccc(NC(=O)CSc2n[nH]c(C(C)C)n2)cc1. The van der Waals surface area contributed by atoms with Gasteiger partial charge in [-0.2, -0.15) is 0 Å². The van der Waals surface area contributed by atoms with Crippen LogP contribution in [0.3, 0.4) is 0 Å². The standard InChI is InChI=1S/C15H18N4O3S/c1-9(2)13-17-15(19-18-13)23-8-12(20)16-11-6-4-10(5-7-11)14(21)22-3/h4-7,9H,8H2,1-3H3,(H,16,20)(H,17,18,19). The van der Waals surface area contributed by atoms with Crippen molar-refractivity contribution in [3.05, 3.63) is 35.7 Å². The monoisotopic (exact) mass is 334 g/mol. The first-order valence-electron chi connectivity index (χ1n) is 7.03. The Morgan fingerprint density at radius 2 is 2.00 bits per heavy atom. The molecule has 0 spiro atoms. The molecule has 0 aliphatic rings. The van der Waals surface area contributed by atoms with E-state index in [9.17, 15) is 9.59 Å². The summed E-state index contributed by atoms with van der Waals surface area (Å²) in [5.41, 5.74) is 1.04. The summed E-state index contributed by atoms with van der Waals surface area (Å²) in [6.07, 6.45) is 0. The molecule has 0 bridgehead atoms. The van der Waals surface area contributed by atoms with Crippen molar-refractivity contribution in [2.45, 2.75) is 24.9 Å². The molecule has 7 nitrogen and oxygen atoms in total. The van der Waals surface area contributed by atoms with Gasteiger partial charge < -0.3 is 10.1 Å². The van der Waals surface area contributed by atoms with Crippen LogP contribution in [0, 0.1) is 0 Å². The molecule has 1 amide bonds. The predicted molar refractivity (Wildman–Crippen MR) is 87.6 cm³/mol. The van der Waals surface area contributed by atoms with Gasteiger partial charge in [-0.1, -0.05) is 25.6 Å². The van der Waals surface area contributed by atoms with Gasteiger partial charge in [-0.15, -0.1) is 5.10 Å². The van der Waals surface area contributed by atoms with Crippen LogP contribution in [0.1, 0.15) is 35.9 Å². The summed E-state index contributed by atoms with van der Waals surface area (Å²) >= 11 is 1.26. The molecule has 0 fully saturated rings. The summed E-state index contributed by atoms with van der Waals surface area (Å²) in [6.45, 7) is 4.03. The van der Waals surface area contributed by atoms with Crippen LogP contribution >= 0.6 is 11.8 Å². The first-order valence-corrected chi connectivity index (χ1v) is 8.01. The third kappa shape index (κ3) is 4.82. The van der Waals surface area contributed by atoms with E-state index in [4.69, 9.17) is 0 Å². The van der Waals surface area contributed by atoms with Gasteiger partial charge in [0.25, 0.3) is 0 Å². The van der Waals surface area contributed by atoms with Crippen molar-refractivity contribution in [1.82, 2.24) is 15.2 Å². The third-order valence-corrected chi connectivity index (χ3v) is 3.80. The number of aromatic nitrogens is 3. The maximum Gasteiger partial charge on any atom is 0.337 e. The number of carbonyl (C=O) groups is 2. The number of H-pyrrole nitrogens is 1. The van der Waals surface area contributed by atoms with Crippen molar-refractivity contribution in [1.29, 1.82) is 0 Å². The summed E-state index contributed by atoms with van der Waals surface area (Å²) in [5.74, 6) is 0.680. The molecule has 0 saturated carbocycles. The topological polar surface area (TPSA) is 97.0 Å². The minimum Gasteiger partial charge on any atom is -0.465 e. The number of rotatable bonds is 6. The predicted octanol–water partition coefficient (Wildman–Crippen LogP) is 2.45. The van der Waals surface area contributed by atoms with Crippen LogP contribution in [-0.2, 0) is 9.53 Å². The van der Waals surface area contributed by atoms with Crippen LogP contribution in [0.15, 0.2) is 29.4 Å². The lowest BCUT2D eigenvalue weighted by molar-refractivity contribution is -0.113. The zero-order valence-electron chi connectivity index (χ0n) is 13.1. The Labute approximate surface area is 138 Å². The van der Waals surface area contributed by atoms with E-state index >= 15 is 0 Å². The number of anilines is 1. The van der Waals surface area contributed by atoms with E-state index in [2.05, 4.69) is 25.2 Å². The molecule has 1 aromatic carbocycles. The van der Waals surface area contributed by atoms with Gasteiger partial charge >= 0.3 is 5.97 Å². The summed E-state index contributed by atoms with van der Waals surface area (Å²) in [6, 6.07) is 6.49. The number of esters is 1. The fourth-order valence-electron chi connectivity index (χ4n) is 1.72. The van der Waals surface area contributed by atoms with Gasteiger partial charge in [-0.25, -0.2) is 9.78 Å². The van der Waals surface area contributed by atoms with E-state index in [1.165, 1.54) is 18.9 Å². The van der Waals surface area contributed by atoms with Gasteiger partial charge in [-0.05, 0) is 24.3 Å². The molecule has 8 heteroatoms. The molecule has 0 aliphatic heterocycles. The molecule has 0 saturated heterocycles. The van der Waals surface area contributed by atoms with E-state index < -0.39 is 5.97 Å². The van der Waals surface area contributed by atoms with E-state index in [-0.39, 0.29) is 17.6 Å². The number of hydrogen-bond acceptors (Lipinski definition) is 6. The first kappa shape index (κ1) is 17.0. The molecule has 1 heterocycles. The number of aromatic amines is 1. The Bertz CT molecular complexity index is 682. The van der Waals surface area contributed by atoms with E-state index in [1.807, 2.05) is 13.8 Å². The molecular weight excluding hydrogens is 316 g/mol. The number of methoxy groups -OCH3 is 1.